The smallest absolute Gasteiger partial charge is 0.243 e. The van der Waals surface area contributed by atoms with Gasteiger partial charge >= 0.3 is 0 Å². The first-order valence-corrected chi connectivity index (χ1v) is 15.1. The number of aryl methyl sites for hydroxylation is 1. The molecule has 2 amide bonds. The molecule has 0 bridgehead atoms. The molecule has 210 valence electrons. The molecule has 0 heterocycles. The number of halogens is 1. The van der Waals surface area contributed by atoms with Gasteiger partial charge in [-0.3, -0.25) is 13.9 Å². The molecule has 38 heavy (non-hydrogen) atoms. The highest BCUT2D eigenvalue weighted by Gasteiger charge is 2.29. The molecular formula is C28H40ClN3O5S. The van der Waals surface area contributed by atoms with Gasteiger partial charge in [-0.1, -0.05) is 55.3 Å². The van der Waals surface area contributed by atoms with Gasteiger partial charge in [-0.05, 0) is 56.9 Å². The van der Waals surface area contributed by atoms with Crippen LogP contribution in [0, 0.1) is 6.92 Å². The van der Waals surface area contributed by atoms with Crippen LogP contribution in [-0.2, 0) is 26.2 Å². The molecule has 0 fully saturated rings. The molecule has 2 atom stereocenters. The van der Waals surface area contributed by atoms with Crippen LogP contribution in [0.15, 0.2) is 42.5 Å². The number of anilines is 1. The maximum Gasteiger partial charge on any atom is 0.243 e. The van der Waals surface area contributed by atoms with Gasteiger partial charge in [0.25, 0.3) is 0 Å². The van der Waals surface area contributed by atoms with E-state index in [4.69, 9.17) is 16.3 Å². The van der Waals surface area contributed by atoms with Crippen LogP contribution in [0.3, 0.4) is 0 Å². The van der Waals surface area contributed by atoms with E-state index in [1.54, 1.807) is 17.0 Å². The van der Waals surface area contributed by atoms with Gasteiger partial charge < -0.3 is 15.0 Å². The molecule has 2 aromatic rings. The van der Waals surface area contributed by atoms with Gasteiger partial charge in [0.15, 0.2) is 0 Å². The monoisotopic (exact) mass is 565 g/mol. The minimum atomic E-state index is -3.63. The molecule has 1 N–H and O–H groups in total. The van der Waals surface area contributed by atoms with Crippen LogP contribution in [0.4, 0.5) is 5.69 Å². The van der Waals surface area contributed by atoms with Crippen molar-refractivity contribution in [3.8, 4) is 5.75 Å². The number of nitrogens with zero attached hydrogens (tertiary/aromatic N) is 2. The topological polar surface area (TPSA) is 96.0 Å². The van der Waals surface area contributed by atoms with E-state index in [1.807, 2.05) is 52.0 Å². The summed E-state index contributed by atoms with van der Waals surface area (Å²) in [6.45, 7) is 8.16. The second-order valence-corrected chi connectivity index (χ2v) is 11.8. The predicted octanol–water partition coefficient (Wildman–Crippen LogP) is 4.93. The number of carbonyl (C=O) groups is 2. The Hall–Kier alpha value is -2.78. The maximum atomic E-state index is 13.5. The van der Waals surface area contributed by atoms with E-state index in [-0.39, 0.29) is 48.8 Å². The summed E-state index contributed by atoms with van der Waals surface area (Å²) >= 11 is 6.22. The fourth-order valence-corrected chi connectivity index (χ4v) is 5.39. The molecule has 0 spiro atoms. The summed E-state index contributed by atoms with van der Waals surface area (Å²) in [6.07, 6.45) is 2.70. The molecule has 0 aliphatic rings. The van der Waals surface area contributed by atoms with Crippen molar-refractivity contribution in [1.29, 1.82) is 0 Å². The molecule has 0 saturated heterocycles. The number of methoxy groups -OCH3 is 1. The first-order chi connectivity index (χ1) is 17.9. The van der Waals surface area contributed by atoms with Crippen LogP contribution in [0.5, 0.6) is 5.75 Å². The second-order valence-electron chi connectivity index (χ2n) is 9.51. The second kappa shape index (κ2) is 14.4. The van der Waals surface area contributed by atoms with E-state index >= 15 is 0 Å². The third-order valence-corrected chi connectivity index (χ3v) is 7.89. The Morgan fingerprint density at radius 2 is 1.82 bits per heavy atom. The van der Waals surface area contributed by atoms with Gasteiger partial charge in [0.2, 0.25) is 21.8 Å². The predicted molar refractivity (Wildman–Crippen MR) is 153 cm³/mol. The van der Waals surface area contributed by atoms with Gasteiger partial charge in [0.1, 0.15) is 11.8 Å². The number of nitrogens with one attached hydrogen (secondary N) is 1. The fraction of sp³-hybridized carbons (Fsp3) is 0.500. The highest BCUT2D eigenvalue weighted by atomic mass is 35.5. The molecule has 0 aromatic heterocycles. The largest absolute Gasteiger partial charge is 0.495 e. The molecule has 2 rings (SSSR count). The normalized spacial score (nSPS) is 12.9. The lowest BCUT2D eigenvalue weighted by Gasteiger charge is -2.32. The van der Waals surface area contributed by atoms with Crippen molar-refractivity contribution in [3.63, 3.8) is 0 Å². The van der Waals surface area contributed by atoms with Crippen molar-refractivity contribution >= 4 is 39.1 Å². The molecular weight excluding hydrogens is 526 g/mol. The zero-order valence-corrected chi connectivity index (χ0v) is 24.7. The Morgan fingerprint density at radius 1 is 1.11 bits per heavy atom. The standard InChI is InChI=1S/C28H40ClN3O5S/c1-7-21(4)30-28(34)25(8-2)31(19-22-12-9-11-20(3)17-22)27(33)13-10-16-32(38(6,35)36)23-14-15-26(37-5)24(29)18-23/h9,11-12,14-15,17-18,21,25H,7-8,10,13,16,19H2,1-6H3,(H,30,34)/t21-,25-/m0/s1. The summed E-state index contributed by atoms with van der Waals surface area (Å²) in [5.74, 6) is 0.0412. The SMILES string of the molecule is CC[C@H](C)NC(=O)[C@H](CC)N(Cc1cccc(C)c1)C(=O)CCCN(c1ccc(OC)c(Cl)c1)S(C)(=O)=O. The van der Waals surface area contributed by atoms with Crippen molar-refractivity contribution < 1.29 is 22.7 Å². The zero-order chi connectivity index (χ0) is 28.5. The Balaban J connectivity index is 2.25. The van der Waals surface area contributed by atoms with Gasteiger partial charge in [-0.2, -0.15) is 0 Å². The van der Waals surface area contributed by atoms with E-state index in [0.717, 1.165) is 23.8 Å². The molecule has 8 nitrogen and oxygen atoms in total. The third kappa shape index (κ3) is 8.91. The highest BCUT2D eigenvalue weighted by Crippen LogP contribution is 2.30. The van der Waals surface area contributed by atoms with Gasteiger partial charge in [0.05, 0.1) is 24.1 Å². The third-order valence-electron chi connectivity index (χ3n) is 6.40. The number of carbonyl (C=O) groups excluding carboxylic acids is 2. The lowest BCUT2D eigenvalue weighted by Crippen LogP contribution is -2.50. The average Bonchev–Trinajstić information content (AvgIpc) is 2.85. The van der Waals surface area contributed by atoms with Crippen molar-refractivity contribution in [2.45, 2.75) is 72.0 Å². The summed E-state index contributed by atoms with van der Waals surface area (Å²) in [4.78, 5) is 28.3. The fourth-order valence-electron chi connectivity index (χ4n) is 4.18. The molecule has 0 aliphatic carbocycles. The molecule has 10 heteroatoms. The highest BCUT2D eigenvalue weighted by molar-refractivity contribution is 7.92. The first-order valence-electron chi connectivity index (χ1n) is 12.9. The Bertz CT molecular complexity index is 1200. The van der Waals surface area contributed by atoms with E-state index in [1.165, 1.54) is 17.5 Å². The Morgan fingerprint density at radius 3 is 2.37 bits per heavy atom. The molecule has 2 aromatic carbocycles. The van der Waals surface area contributed by atoms with Gasteiger partial charge in [-0.15, -0.1) is 0 Å². The summed E-state index contributed by atoms with van der Waals surface area (Å²) < 4.78 is 31.5. The van der Waals surface area contributed by atoms with Gasteiger partial charge in [0, 0.05) is 25.6 Å². The molecule has 0 unspecified atom stereocenters. The Kier molecular flexibility index (Phi) is 11.9. The molecule has 0 radical (unpaired) electrons. The van der Waals surface area contributed by atoms with Crippen LogP contribution in [0.2, 0.25) is 5.02 Å². The van der Waals surface area contributed by atoms with Crippen LogP contribution < -0.4 is 14.4 Å². The Labute approximate surface area is 232 Å². The summed E-state index contributed by atoms with van der Waals surface area (Å²) in [5.41, 5.74) is 2.38. The number of ether oxygens (including phenoxy) is 1. The number of amides is 2. The number of sulfonamides is 1. The van der Waals surface area contributed by atoms with E-state index in [9.17, 15) is 18.0 Å². The van der Waals surface area contributed by atoms with Crippen molar-refractivity contribution in [1.82, 2.24) is 10.2 Å². The quantitative estimate of drug-likeness (QED) is 0.350. The minimum Gasteiger partial charge on any atom is -0.495 e. The van der Waals surface area contributed by atoms with Crippen molar-refractivity contribution in [2.24, 2.45) is 0 Å². The van der Waals surface area contributed by atoms with Crippen LogP contribution in [0.1, 0.15) is 57.6 Å². The number of benzene rings is 2. The molecule has 0 aliphatic heterocycles. The number of hydrogen-bond donors (Lipinski definition) is 1. The summed E-state index contributed by atoms with van der Waals surface area (Å²) in [7, 11) is -2.15. The zero-order valence-electron chi connectivity index (χ0n) is 23.2. The van der Waals surface area contributed by atoms with Crippen LogP contribution in [0.25, 0.3) is 0 Å². The van der Waals surface area contributed by atoms with E-state index in [0.29, 0.717) is 17.9 Å². The number of rotatable bonds is 14. The van der Waals surface area contributed by atoms with E-state index in [2.05, 4.69) is 5.32 Å². The average molecular weight is 566 g/mol. The summed E-state index contributed by atoms with van der Waals surface area (Å²) in [6, 6.07) is 11.9. The van der Waals surface area contributed by atoms with Crippen LogP contribution >= 0.6 is 11.6 Å². The van der Waals surface area contributed by atoms with Crippen molar-refractivity contribution in [2.75, 3.05) is 24.2 Å². The number of hydrogen-bond acceptors (Lipinski definition) is 5. The maximum absolute atomic E-state index is 13.5. The van der Waals surface area contributed by atoms with Crippen molar-refractivity contribution in [3.05, 3.63) is 58.6 Å². The van der Waals surface area contributed by atoms with Crippen LogP contribution in [-0.4, -0.2) is 57.1 Å². The first kappa shape index (κ1) is 31.4. The minimum absolute atomic E-state index is 0.00730. The lowest BCUT2D eigenvalue weighted by molar-refractivity contribution is -0.141. The van der Waals surface area contributed by atoms with Gasteiger partial charge in [-0.25, -0.2) is 8.42 Å². The van der Waals surface area contributed by atoms with E-state index < -0.39 is 16.1 Å². The lowest BCUT2D eigenvalue weighted by atomic mass is 10.1. The summed E-state index contributed by atoms with van der Waals surface area (Å²) in [5, 5.41) is 3.29. The molecule has 0 saturated carbocycles.